The van der Waals surface area contributed by atoms with E-state index in [1.54, 1.807) is 7.05 Å². The number of hydrogen-bond donors (Lipinski definition) is 3. The first-order valence-corrected chi connectivity index (χ1v) is 9.72. The number of carbonyl (C=O) groups is 2. The van der Waals surface area contributed by atoms with E-state index in [0.29, 0.717) is 23.5 Å². The number of aldehydes is 1. The number of nitrogens with two attached hydrogens (primary N) is 1. The smallest absolute Gasteiger partial charge is 0.317 e. The Morgan fingerprint density at radius 1 is 1.25 bits per heavy atom. The van der Waals surface area contributed by atoms with Crippen molar-refractivity contribution in [2.24, 2.45) is 5.92 Å². The molecule has 1 aliphatic carbocycles. The van der Waals surface area contributed by atoms with E-state index >= 15 is 0 Å². The lowest BCUT2D eigenvalue weighted by atomic mass is 10.0. The minimum atomic E-state index is -0.290. The number of nitrogens with one attached hydrogen (secondary N) is 2. The summed E-state index contributed by atoms with van der Waals surface area (Å²) in [5.74, 6) is 0.749. The van der Waals surface area contributed by atoms with E-state index in [0.717, 1.165) is 34.8 Å². The molecule has 0 radical (unpaired) electrons. The second kappa shape index (κ2) is 8.97. The molecule has 6 nitrogen and oxygen atoms in total. The van der Waals surface area contributed by atoms with Gasteiger partial charge in [-0.3, -0.25) is 0 Å². The number of urea groups is 1. The van der Waals surface area contributed by atoms with E-state index in [2.05, 4.69) is 10.6 Å². The highest BCUT2D eigenvalue weighted by Crippen LogP contribution is 2.38. The van der Waals surface area contributed by atoms with Gasteiger partial charge in [0.15, 0.2) is 0 Å². The van der Waals surface area contributed by atoms with Crippen LogP contribution in [0, 0.1) is 5.92 Å². The molecule has 4 N–H and O–H groups in total. The first-order valence-electron chi connectivity index (χ1n) is 9.35. The third-order valence-electron chi connectivity index (χ3n) is 4.89. The van der Waals surface area contributed by atoms with Gasteiger partial charge in [-0.15, -0.1) is 0 Å². The molecule has 1 fully saturated rings. The Labute approximate surface area is 170 Å². The van der Waals surface area contributed by atoms with Gasteiger partial charge in [-0.25, -0.2) is 4.79 Å². The first-order chi connectivity index (χ1) is 13.5. The Bertz CT molecular complexity index is 850. The van der Waals surface area contributed by atoms with Crippen LogP contribution < -0.4 is 16.4 Å². The number of carbonyl (C=O) groups excluding carboxylic acids is 2. The summed E-state index contributed by atoms with van der Waals surface area (Å²) in [4.78, 5) is 24.1. The van der Waals surface area contributed by atoms with Crippen LogP contribution in [-0.2, 0) is 11.3 Å². The van der Waals surface area contributed by atoms with Crippen molar-refractivity contribution in [3.05, 3.63) is 47.0 Å². The summed E-state index contributed by atoms with van der Waals surface area (Å²) in [6.07, 6.45) is 3.26. The zero-order chi connectivity index (χ0) is 20.1. The fourth-order valence-electron chi connectivity index (χ4n) is 3.02. The second-order valence-corrected chi connectivity index (χ2v) is 7.39. The van der Waals surface area contributed by atoms with Gasteiger partial charge in [0, 0.05) is 25.7 Å². The van der Waals surface area contributed by atoms with Crippen LogP contribution in [0.15, 0.2) is 36.4 Å². The lowest BCUT2D eigenvalue weighted by Crippen LogP contribution is -2.38. The van der Waals surface area contributed by atoms with E-state index in [9.17, 15) is 9.59 Å². The summed E-state index contributed by atoms with van der Waals surface area (Å²) in [5, 5.41) is 6.44. The third-order valence-corrected chi connectivity index (χ3v) is 5.30. The monoisotopic (exact) mass is 400 g/mol. The number of hydrogen-bond acceptors (Lipinski definition) is 4. The summed E-state index contributed by atoms with van der Waals surface area (Å²) < 4.78 is 0. The van der Waals surface area contributed by atoms with E-state index in [-0.39, 0.29) is 12.6 Å². The molecule has 0 unspecified atom stereocenters. The minimum Gasteiger partial charge on any atom is -0.396 e. The van der Waals surface area contributed by atoms with Crippen LogP contribution in [-0.4, -0.2) is 37.4 Å². The zero-order valence-electron chi connectivity index (χ0n) is 15.9. The Hall–Kier alpha value is -2.73. The maximum absolute atomic E-state index is 11.8. The van der Waals surface area contributed by atoms with E-state index in [1.165, 1.54) is 17.7 Å². The van der Waals surface area contributed by atoms with Gasteiger partial charge in [-0.05, 0) is 36.0 Å². The molecule has 28 heavy (non-hydrogen) atoms. The molecule has 2 aromatic carbocycles. The van der Waals surface area contributed by atoms with Crippen LogP contribution in [0.4, 0.5) is 16.2 Å². The first kappa shape index (κ1) is 20.0. The number of nitrogens with zero attached hydrogens (tertiary/aromatic N) is 1. The molecule has 0 aliphatic heterocycles. The Morgan fingerprint density at radius 2 is 1.96 bits per heavy atom. The van der Waals surface area contributed by atoms with Crippen molar-refractivity contribution in [1.29, 1.82) is 0 Å². The van der Waals surface area contributed by atoms with Gasteiger partial charge >= 0.3 is 6.03 Å². The van der Waals surface area contributed by atoms with E-state index in [4.69, 9.17) is 17.3 Å². The van der Waals surface area contributed by atoms with Crippen molar-refractivity contribution in [3.63, 3.8) is 0 Å². The predicted molar refractivity (Wildman–Crippen MR) is 113 cm³/mol. The molecule has 2 aromatic rings. The maximum Gasteiger partial charge on any atom is 0.317 e. The molecule has 0 spiro atoms. The van der Waals surface area contributed by atoms with Crippen LogP contribution in [0.1, 0.15) is 18.4 Å². The van der Waals surface area contributed by atoms with Gasteiger partial charge in [-0.2, -0.15) is 0 Å². The average molecular weight is 401 g/mol. The third kappa shape index (κ3) is 4.75. The molecule has 0 bridgehead atoms. The van der Waals surface area contributed by atoms with Crippen molar-refractivity contribution in [1.82, 2.24) is 10.2 Å². The zero-order valence-corrected chi connectivity index (χ0v) is 16.6. The normalized spacial score (nSPS) is 13.1. The predicted octanol–water partition coefficient (Wildman–Crippen LogP) is 3.75. The van der Waals surface area contributed by atoms with Crippen LogP contribution >= 0.6 is 11.6 Å². The van der Waals surface area contributed by atoms with Gasteiger partial charge in [-0.1, -0.05) is 41.9 Å². The number of halogens is 1. The highest BCUT2D eigenvalue weighted by atomic mass is 35.5. The molecule has 0 heterocycles. The summed E-state index contributed by atoms with van der Waals surface area (Å²) in [6.45, 7) is 1.31. The van der Waals surface area contributed by atoms with Gasteiger partial charge < -0.3 is 26.1 Å². The second-order valence-electron chi connectivity index (χ2n) is 7.01. The lowest BCUT2D eigenvalue weighted by Gasteiger charge is -2.20. The quantitative estimate of drug-likeness (QED) is 0.465. The Balaban J connectivity index is 1.74. The fourth-order valence-corrected chi connectivity index (χ4v) is 3.30. The van der Waals surface area contributed by atoms with Crippen molar-refractivity contribution < 1.29 is 9.59 Å². The van der Waals surface area contributed by atoms with Crippen molar-refractivity contribution >= 4 is 35.3 Å². The number of anilines is 2. The van der Waals surface area contributed by atoms with Gasteiger partial charge in [0.2, 0.25) is 0 Å². The van der Waals surface area contributed by atoms with Crippen molar-refractivity contribution in [3.8, 4) is 11.1 Å². The van der Waals surface area contributed by atoms with Crippen LogP contribution in [0.2, 0.25) is 5.02 Å². The molecule has 0 aromatic heterocycles. The molecule has 7 heteroatoms. The molecule has 148 valence electrons. The summed E-state index contributed by atoms with van der Waals surface area (Å²) in [6, 6.07) is 11.4. The molecular weight excluding hydrogens is 376 g/mol. The molecule has 1 saturated carbocycles. The topological polar surface area (TPSA) is 87.5 Å². The van der Waals surface area contributed by atoms with Crippen molar-refractivity contribution in [2.75, 3.05) is 31.2 Å². The molecule has 3 rings (SSSR count). The SMILES string of the molecule is CNC(=O)N(CC=O)Cc1ccc(-c2ccc(NCC3CC3)c(N)c2Cl)cc1. The van der Waals surface area contributed by atoms with Gasteiger partial charge in [0.05, 0.1) is 22.9 Å². The van der Waals surface area contributed by atoms with E-state index < -0.39 is 0 Å². The number of nitrogen functional groups attached to an aromatic ring is 1. The van der Waals surface area contributed by atoms with E-state index in [1.807, 2.05) is 36.4 Å². The molecule has 0 saturated heterocycles. The minimum absolute atomic E-state index is 0.0408. The Kier molecular flexibility index (Phi) is 6.41. The highest BCUT2D eigenvalue weighted by molar-refractivity contribution is 6.36. The van der Waals surface area contributed by atoms with Crippen LogP contribution in [0.25, 0.3) is 11.1 Å². The maximum atomic E-state index is 11.8. The summed E-state index contributed by atoms with van der Waals surface area (Å²) in [7, 11) is 1.54. The molecular formula is C21H25ClN4O2. The standard InChI is InChI=1S/C21H25ClN4O2/c1-24-21(28)26(10-11-27)13-15-4-6-16(7-5-15)17-8-9-18(20(23)19(17)22)25-12-14-2-3-14/h4-9,11,14,25H,2-3,10,12-13,23H2,1H3,(H,24,28). The highest BCUT2D eigenvalue weighted by Gasteiger charge is 2.21. The van der Waals surface area contributed by atoms with Crippen LogP contribution in [0.5, 0.6) is 0 Å². The summed E-state index contributed by atoms with van der Waals surface area (Å²) >= 11 is 6.52. The van der Waals surface area contributed by atoms with Gasteiger partial charge in [0.25, 0.3) is 0 Å². The lowest BCUT2D eigenvalue weighted by molar-refractivity contribution is -0.108. The molecule has 0 atom stereocenters. The molecule has 1 aliphatic rings. The number of amides is 2. The fraction of sp³-hybridized carbons (Fsp3) is 0.333. The number of benzene rings is 2. The Morgan fingerprint density at radius 3 is 2.57 bits per heavy atom. The summed E-state index contributed by atoms with van der Waals surface area (Å²) in [5.41, 5.74) is 10.4. The number of rotatable bonds is 8. The van der Waals surface area contributed by atoms with Crippen molar-refractivity contribution in [2.45, 2.75) is 19.4 Å². The largest absolute Gasteiger partial charge is 0.396 e. The molecule has 2 amide bonds. The van der Waals surface area contributed by atoms with Gasteiger partial charge in [0.1, 0.15) is 6.29 Å². The average Bonchev–Trinajstić information content (AvgIpc) is 3.53. The van der Waals surface area contributed by atoms with Crippen LogP contribution in [0.3, 0.4) is 0 Å².